The predicted molar refractivity (Wildman–Crippen MR) is 301 cm³/mol. The normalized spacial score (nSPS) is 16.5. The summed E-state index contributed by atoms with van der Waals surface area (Å²) in [5, 5.41) is 2.71. The number of fused-ring (bicyclic) bond motifs is 8. The first kappa shape index (κ1) is 54.7. The molecule has 0 radical (unpaired) electrons. The molecule has 4 aliphatic heterocycles. The monoisotopic (exact) mass is 1070 g/mol. The summed E-state index contributed by atoms with van der Waals surface area (Å²) in [6.07, 6.45) is 4.33. The van der Waals surface area contributed by atoms with Crippen molar-refractivity contribution in [3.8, 4) is 17.2 Å². The third-order valence-electron chi connectivity index (χ3n) is 14.5. The van der Waals surface area contributed by atoms with E-state index in [0.717, 1.165) is 87.6 Å². The van der Waals surface area contributed by atoms with Crippen molar-refractivity contribution in [2.75, 3.05) is 87.8 Å². The van der Waals surface area contributed by atoms with Crippen molar-refractivity contribution >= 4 is 62.2 Å². The van der Waals surface area contributed by atoms with Crippen LogP contribution in [0.1, 0.15) is 92.8 Å². The van der Waals surface area contributed by atoms with Gasteiger partial charge in [0.1, 0.15) is 25.0 Å². The Morgan fingerprint density at radius 3 is 2.11 bits per heavy atom. The Kier molecular flexibility index (Phi) is 18.0. The van der Waals surface area contributed by atoms with Crippen LogP contribution in [0.3, 0.4) is 0 Å². The highest BCUT2D eigenvalue weighted by Crippen LogP contribution is 2.42. The number of methoxy groups -OCH3 is 2. The zero-order valence-corrected chi connectivity index (χ0v) is 46.2. The quantitative estimate of drug-likeness (QED) is 0.0438. The van der Waals surface area contributed by atoms with Crippen LogP contribution in [0.15, 0.2) is 91.0 Å². The van der Waals surface area contributed by atoms with Gasteiger partial charge in [0.15, 0.2) is 17.3 Å². The molecule has 4 aliphatic rings. The highest BCUT2D eigenvalue weighted by molar-refractivity contribution is 8.77. The summed E-state index contributed by atoms with van der Waals surface area (Å²) in [5.74, 6) is 2.21. The third kappa shape index (κ3) is 12.7. The van der Waals surface area contributed by atoms with Crippen LogP contribution in [-0.2, 0) is 62.7 Å². The fraction of sp³-hybridized carbons (Fsp3) is 0.433. The van der Waals surface area contributed by atoms with Gasteiger partial charge in [-0.25, -0.2) is 0 Å². The third-order valence-corrected chi connectivity index (χ3v) is 17.8. The van der Waals surface area contributed by atoms with E-state index in [-0.39, 0.29) is 53.9 Å². The molecule has 9 rings (SSSR count). The van der Waals surface area contributed by atoms with Crippen LogP contribution in [0.2, 0.25) is 0 Å². The largest absolute Gasteiger partial charge is 0.493 e. The Bertz CT molecular complexity index is 2930. The van der Waals surface area contributed by atoms with Gasteiger partial charge in [-0.3, -0.25) is 24.1 Å². The second-order valence-corrected chi connectivity index (χ2v) is 23.6. The van der Waals surface area contributed by atoms with E-state index in [4.69, 9.17) is 28.4 Å². The maximum atomic E-state index is 14.3. The number of para-hydroxylation sites is 2. The molecule has 0 saturated heterocycles. The summed E-state index contributed by atoms with van der Waals surface area (Å²) >= 11 is 0. The number of carbonyl (C=O) groups excluding carboxylic acids is 4. The Labute approximate surface area is 454 Å². The molecule has 0 spiro atoms. The minimum absolute atomic E-state index is 0.0229. The molecule has 5 aromatic rings. The zero-order chi connectivity index (χ0) is 53.3. The first-order valence-electron chi connectivity index (χ1n) is 26.3. The van der Waals surface area contributed by atoms with Crippen LogP contribution in [0, 0.1) is 6.92 Å². The van der Waals surface area contributed by atoms with Gasteiger partial charge >= 0.3 is 0 Å². The van der Waals surface area contributed by atoms with Crippen LogP contribution >= 0.6 is 21.6 Å². The molecule has 0 fully saturated rings. The highest BCUT2D eigenvalue weighted by Gasteiger charge is 2.42. The lowest BCUT2D eigenvalue weighted by Gasteiger charge is -2.34. The molecule has 0 saturated carbocycles. The summed E-state index contributed by atoms with van der Waals surface area (Å²) in [5.41, 5.74) is 10.3. The number of anilines is 3. The fourth-order valence-electron chi connectivity index (χ4n) is 10.7. The summed E-state index contributed by atoms with van der Waals surface area (Å²) in [7, 11) is 8.45. The molecule has 16 heteroatoms. The van der Waals surface area contributed by atoms with Crippen molar-refractivity contribution in [1.82, 2.24) is 5.32 Å². The highest BCUT2D eigenvalue weighted by atomic mass is 33.1. The summed E-state index contributed by atoms with van der Waals surface area (Å²) in [4.78, 5) is 60.3. The van der Waals surface area contributed by atoms with Crippen LogP contribution in [0.5, 0.6) is 17.2 Å². The van der Waals surface area contributed by atoms with Crippen molar-refractivity contribution in [2.24, 2.45) is 0 Å². The van der Waals surface area contributed by atoms with E-state index in [1.54, 1.807) is 59.9 Å². The summed E-state index contributed by atoms with van der Waals surface area (Å²) in [6.45, 7) is 10.5. The van der Waals surface area contributed by atoms with Gasteiger partial charge in [-0.2, -0.15) is 0 Å². The minimum atomic E-state index is -0.567. The SMILES string of the molecule is CNC(=O)CCCSSC(C)(C)CN(CCOCCOCCOC)c1cc(COc2cc3c(cc2C)C(=O)N2c4ccccc4C[C@H]2CC3)cc(COc2cc3c(cc2OC)C(=O)N2c4ccccc4C[C@H]2C(=O)C3)c1. The number of nitrogens with zero attached hydrogens (tertiary/aromatic N) is 3. The van der Waals surface area contributed by atoms with E-state index in [1.165, 1.54) is 5.56 Å². The number of hydrogen-bond donors (Lipinski definition) is 1. The molecule has 76 heavy (non-hydrogen) atoms. The maximum Gasteiger partial charge on any atom is 0.259 e. The maximum absolute atomic E-state index is 14.3. The molecule has 1 N–H and O–H groups in total. The van der Waals surface area contributed by atoms with Crippen molar-refractivity contribution in [1.29, 1.82) is 0 Å². The number of carbonyl (C=O) groups is 4. The molecule has 5 aromatic carbocycles. The van der Waals surface area contributed by atoms with Crippen LogP contribution < -0.4 is 34.2 Å². The average Bonchev–Trinajstić information content (AvgIpc) is 3.94. The molecule has 4 heterocycles. The molecule has 2 atom stereocenters. The van der Waals surface area contributed by atoms with Gasteiger partial charge in [0, 0.05) is 91.2 Å². The number of ketones is 1. The van der Waals surface area contributed by atoms with E-state index < -0.39 is 6.04 Å². The number of ether oxygens (including phenoxy) is 6. The zero-order valence-electron chi connectivity index (χ0n) is 44.6. The molecule has 14 nitrogen and oxygen atoms in total. The summed E-state index contributed by atoms with van der Waals surface area (Å²) < 4.78 is 36.0. The van der Waals surface area contributed by atoms with Crippen molar-refractivity contribution < 1.29 is 47.6 Å². The standard InChI is InChI=1S/C60H70N4O10S2/c1-39-26-48-42(17-18-46-30-43-12-7-9-14-50(43)63(46)58(48)67)33-54(39)73-36-40-27-41(29-47(28-40)62(19-20-71-23-24-72-22-21-69-5)38-60(2,3)76-75-25-11-16-57(66)61-4)37-74-56-34-45-32-53(65)52-31-44-13-8-10-15-51(44)64(52)59(68)49(45)35-55(56)70-6/h7-10,12-15,26-29,33-35,46,52H,11,16-25,30-32,36-38H2,1-6H3,(H,61,66)/t46-,52+/m1/s1. The van der Waals surface area contributed by atoms with Crippen molar-refractivity contribution in [3.63, 3.8) is 0 Å². The lowest BCUT2D eigenvalue weighted by Crippen LogP contribution is -2.41. The number of Topliss-reactive ketones (excluding diaryl/α,β-unsaturated/α-hetero) is 1. The van der Waals surface area contributed by atoms with Gasteiger partial charge in [-0.15, -0.1) is 0 Å². The number of hydrogen-bond acceptors (Lipinski definition) is 13. The Morgan fingerprint density at radius 1 is 0.737 bits per heavy atom. The van der Waals surface area contributed by atoms with Gasteiger partial charge in [-0.1, -0.05) is 58.0 Å². The smallest absolute Gasteiger partial charge is 0.259 e. The van der Waals surface area contributed by atoms with Gasteiger partial charge in [0.25, 0.3) is 11.8 Å². The van der Waals surface area contributed by atoms with E-state index in [2.05, 4.69) is 60.5 Å². The van der Waals surface area contributed by atoms with Crippen molar-refractivity contribution in [2.45, 2.75) is 95.8 Å². The summed E-state index contributed by atoms with van der Waals surface area (Å²) in [6, 6.07) is 29.4. The van der Waals surface area contributed by atoms with Crippen LogP contribution in [0.4, 0.5) is 17.1 Å². The first-order valence-corrected chi connectivity index (χ1v) is 28.7. The predicted octanol–water partition coefficient (Wildman–Crippen LogP) is 9.55. The molecule has 0 aromatic heterocycles. The average molecular weight is 1070 g/mol. The van der Waals surface area contributed by atoms with Gasteiger partial charge < -0.3 is 43.5 Å². The number of rotatable bonds is 25. The Balaban J connectivity index is 0.995. The number of benzene rings is 5. The second-order valence-electron chi connectivity index (χ2n) is 20.5. The second kappa shape index (κ2) is 25.0. The van der Waals surface area contributed by atoms with E-state index in [9.17, 15) is 19.2 Å². The molecule has 0 unspecified atom stereocenters. The van der Waals surface area contributed by atoms with Gasteiger partial charge in [0.2, 0.25) is 5.91 Å². The fourth-order valence-corrected chi connectivity index (χ4v) is 13.3. The lowest BCUT2D eigenvalue weighted by atomic mass is 9.98. The number of aryl methyl sites for hydroxylation is 2. The minimum Gasteiger partial charge on any atom is -0.493 e. The van der Waals surface area contributed by atoms with E-state index in [1.807, 2.05) is 54.3 Å². The molecule has 0 bridgehead atoms. The molecule has 0 aliphatic carbocycles. The van der Waals surface area contributed by atoms with Crippen molar-refractivity contribution in [3.05, 3.63) is 141 Å². The molecular formula is C60H70N4O10S2. The van der Waals surface area contributed by atoms with Crippen LogP contribution in [-0.4, -0.2) is 113 Å². The number of nitrogens with one attached hydrogen (secondary N) is 1. The van der Waals surface area contributed by atoms with E-state index >= 15 is 0 Å². The van der Waals surface area contributed by atoms with E-state index in [0.29, 0.717) is 81.6 Å². The number of amides is 3. The lowest BCUT2D eigenvalue weighted by molar-refractivity contribution is -0.121. The Morgan fingerprint density at radius 2 is 1.38 bits per heavy atom. The molecule has 402 valence electrons. The first-order chi connectivity index (χ1) is 36.8. The topological polar surface area (TPSA) is 145 Å². The molecule has 3 amide bonds. The van der Waals surface area contributed by atoms with Crippen LogP contribution in [0.25, 0.3) is 0 Å². The Hall–Kier alpha value is -6.04. The van der Waals surface area contributed by atoms with Gasteiger partial charge in [0.05, 0.1) is 40.1 Å². The molecular weight excluding hydrogens is 1000 g/mol. The van der Waals surface area contributed by atoms with Gasteiger partial charge in [-0.05, 0) is 140 Å².